The van der Waals surface area contributed by atoms with E-state index in [1.165, 1.54) is 24.8 Å². The molecule has 1 N–H and O–H groups in total. The monoisotopic (exact) mass is 233 g/mol. The Morgan fingerprint density at radius 3 is 2.76 bits per heavy atom. The molecule has 0 bridgehead atoms. The Bertz CT molecular complexity index is 343. The lowest BCUT2D eigenvalue weighted by atomic mass is 10.1. The highest BCUT2D eigenvalue weighted by Crippen LogP contribution is 2.29. The predicted molar refractivity (Wildman–Crippen MR) is 72.4 cm³/mol. The molecule has 1 heterocycles. The van der Waals surface area contributed by atoms with Gasteiger partial charge in [-0.2, -0.15) is 0 Å². The van der Waals surface area contributed by atoms with Crippen molar-refractivity contribution in [2.24, 2.45) is 0 Å². The van der Waals surface area contributed by atoms with Gasteiger partial charge < -0.3 is 10.2 Å². The third-order valence-corrected chi connectivity index (χ3v) is 3.43. The van der Waals surface area contributed by atoms with Crippen molar-refractivity contribution in [3.05, 3.63) is 23.9 Å². The second-order valence-electron chi connectivity index (χ2n) is 4.97. The molecule has 0 amide bonds. The zero-order chi connectivity index (χ0) is 12.3. The fourth-order valence-electron chi connectivity index (χ4n) is 1.99. The molecule has 94 valence electrons. The van der Waals surface area contributed by atoms with Crippen molar-refractivity contribution in [3.8, 4) is 0 Å². The van der Waals surface area contributed by atoms with Crippen LogP contribution in [0.2, 0.25) is 0 Å². The van der Waals surface area contributed by atoms with Gasteiger partial charge in [-0.05, 0) is 44.4 Å². The molecule has 1 fully saturated rings. The normalized spacial score (nSPS) is 16.9. The third-order valence-electron chi connectivity index (χ3n) is 3.43. The maximum Gasteiger partial charge on any atom is 0.128 e. The minimum atomic E-state index is 0.391. The highest BCUT2D eigenvalue weighted by molar-refractivity contribution is 5.41. The summed E-state index contributed by atoms with van der Waals surface area (Å²) in [5.41, 5.74) is 1.27. The molecule has 1 saturated carbocycles. The van der Waals surface area contributed by atoms with Crippen LogP contribution in [0.3, 0.4) is 0 Å². The molecule has 0 aliphatic heterocycles. The first kappa shape index (κ1) is 12.4. The number of aromatic nitrogens is 1. The third kappa shape index (κ3) is 3.19. The number of anilines is 1. The lowest BCUT2D eigenvalue weighted by molar-refractivity contribution is 0.569. The molecule has 1 aliphatic rings. The Balaban J connectivity index is 1.96. The fraction of sp³-hybridized carbons (Fsp3) is 0.643. The summed E-state index contributed by atoms with van der Waals surface area (Å²) in [4.78, 5) is 6.84. The van der Waals surface area contributed by atoms with Gasteiger partial charge in [-0.1, -0.05) is 13.0 Å². The Morgan fingerprint density at radius 2 is 2.24 bits per heavy atom. The van der Waals surface area contributed by atoms with E-state index in [1.807, 2.05) is 6.20 Å². The number of hydrogen-bond acceptors (Lipinski definition) is 3. The summed E-state index contributed by atoms with van der Waals surface area (Å²) in [5, 5.41) is 3.48. The zero-order valence-corrected chi connectivity index (χ0v) is 11.1. The molecule has 1 atom stereocenters. The van der Waals surface area contributed by atoms with E-state index in [0.29, 0.717) is 6.04 Å². The SMILES string of the molecule is CCCNC(C)c1ccc(N(C)C2CC2)nc1. The Hall–Kier alpha value is -1.09. The molecule has 1 aromatic rings. The molecule has 1 unspecified atom stereocenters. The van der Waals surface area contributed by atoms with Crippen LogP contribution in [0, 0.1) is 0 Å². The molecule has 17 heavy (non-hydrogen) atoms. The quantitative estimate of drug-likeness (QED) is 0.819. The Kier molecular flexibility index (Phi) is 4.00. The van der Waals surface area contributed by atoms with Gasteiger partial charge in [-0.15, -0.1) is 0 Å². The smallest absolute Gasteiger partial charge is 0.128 e. The summed E-state index contributed by atoms with van der Waals surface area (Å²) >= 11 is 0. The minimum Gasteiger partial charge on any atom is -0.357 e. The second kappa shape index (κ2) is 5.50. The van der Waals surface area contributed by atoms with E-state index in [4.69, 9.17) is 0 Å². The highest BCUT2D eigenvalue weighted by atomic mass is 15.2. The lowest BCUT2D eigenvalue weighted by Crippen LogP contribution is -2.22. The van der Waals surface area contributed by atoms with Crippen LogP contribution in [0.1, 0.15) is 44.7 Å². The number of nitrogens with one attached hydrogen (secondary N) is 1. The molecule has 3 heteroatoms. The van der Waals surface area contributed by atoms with Crippen LogP contribution in [0.4, 0.5) is 5.82 Å². The van der Waals surface area contributed by atoms with Gasteiger partial charge in [0.05, 0.1) is 0 Å². The van der Waals surface area contributed by atoms with Crippen molar-refractivity contribution in [1.29, 1.82) is 0 Å². The number of rotatable bonds is 6. The number of hydrogen-bond donors (Lipinski definition) is 1. The van der Waals surface area contributed by atoms with Crippen LogP contribution in [0.25, 0.3) is 0 Å². The minimum absolute atomic E-state index is 0.391. The first-order chi connectivity index (χ1) is 8.22. The van der Waals surface area contributed by atoms with Crippen molar-refractivity contribution in [3.63, 3.8) is 0 Å². The molecule has 0 aromatic carbocycles. The second-order valence-corrected chi connectivity index (χ2v) is 4.97. The fourth-order valence-corrected chi connectivity index (χ4v) is 1.99. The van der Waals surface area contributed by atoms with Crippen LogP contribution >= 0.6 is 0 Å². The Morgan fingerprint density at radius 1 is 1.47 bits per heavy atom. The first-order valence-corrected chi connectivity index (χ1v) is 6.64. The van der Waals surface area contributed by atoms with Crippen molar-refractivity contribution in [2.75, 3.05) is 18.5 Å². The molecule has 3 nitrogen and oxygen atoms in total. The van der Waals surface area contributed by atoms with Gasteiger partial charge in [-0.25, -0.2) is 4.98 Å². The molecule has 0 saturated heterocycles. The van der Waals surface area contributed by atoms with E-state index >= 15 is 0 Å². The summed E-state index contributed by atoms with van der Waals surface area (Å²) < 4.78 is 0. The molecule has 1 aromatic heterocycles. The van der Waals surface area contributed by atoms with Gasteiger partial charge >= 0.3 is 0 Å². The van der Waals surface area contributed by atoms with E-state index in [2.05, 4.69) is 48.2 Å². The van der Waals surface area contributed by atoms with E-state index < -0.39 is 0 Å². The van der Waals surface area contributed by atoms with Crippen molar-refractivity contribution in [1.82, 2.24) is 10.3 Å². The molecule has 0 spiro atoms. The molecule has 0 radical (unpaired) electrons. The summed E-state index contributed by atoms with van der Waals surface area (Å²) in [5.74, 6) is 1.10. The van der Waals surface area contributed by atoms with Crippen molar-refractivity contribution < 1.29 is 0 Å². The summed E-state index contributed by atoms with van der Waals surface area (Å²) in [6, 6.07) is 5.44. The van der Waals surface area contributed by atoms with E-state index in [9.17, 15) is 0 Å². The van der Waals surface area contributed by atoms with Gasteiger partial charge in [0, 0.05) is 25.3 Å². The largest absolute Gasteiger partial charge is 0.357 e. The maximum absolute atomic E-state index is 4.55. The Labute approximate surface area is 104 Å². The molecule has 1 aliphatic carbocycles. The first-order valence-electron chi connectivity index (χ1n) is 6.64. The predicted octanol–water partition coefficient (Wildman–Crippen LogP) is 2.74. The molecular weight excluding hydrogens is 210 g/mol. The van der Waals surface area contributed by atoms with Gasteiger partial charge in [0.15, 0.2) is 0 Å². The van der Waals surface area contributed by atoms with Crippen LogP contribution in [0.15, 0.2) is 18.3 Å². The average Bonchev–Trinajstić information content (AvgIpc) is 3.19. The summed E-state index contributed by atoms with van der Waals surface area (Å²) in [6.45, 7) is 5.44. The van der Waals surface area contributed by atoms with Gasteiger partial charge in [-0.3, -0.25) is 0 Å². The van der Waals surface area contributed by atoms with Crippen molar-refractivity contribution >= 4 is 5.82 Å². The lowest BCUT2D eigenvalue weighted by Gasteiger charge is -2.19. The summed E-state index contributed by atoms with van der Waals surface area (Å²) in [7, 11) is 2.14. The van der Waals surface area contributed by atoms with Gasteiger partial charge in [0.25, 0.3) is 0 Å². The highest BCUT2D eigenvalue weighted by Gasteiger charge is 2.26. The van der Waals surface area contributed by atoms with E-state index in [0.717, 1.165) is 18.4 Å². The van der Waals surface area contributed by atoms with Gasteiger partial charge in [0.2, 0.25) is 0 Å². The molecule has 2 rings (SSSR count). The number of nitrogens with zero attached hydrogens (tertiary/aromatic N) is 2. The average molecular weight is 233 g/mol. The van der Waals surface area contributed by atoms with E-state index in [-0.39, 0.29) is 0 Å². The number of pyridine rings is 1. The van der Waals surface area contributed by atoms with Crippen LogP contribution < -0.4 is 10.2 Å². The maximum atomic E-state index is 4.55. The standard InChI is InChI=1S/C14H23N3/c1-4-9-15-11(2)12-5-8-14(16-10-12)17(3)13-6-7-13/h5,8,10-11,13,15H,4,6-7,9H2,1-3H3. The van der Waals surface area contributed by atoms with Crippen LogP contribution in [0.5, 0.6) is 0 Å². The van der Waals surface area contributed by atoms with Crippen LogP contribution in [-0.2, 0) is 0 Å². The zero-order valence-electron chi connectivity index (χ0n) is 11.1. The van der Waals surface area contributed by atoms with Gasteiger partial charge in [0.1, 0.15) is 5.82 Å². The molecular formula is C14H23N3. The van der Waals surface area contributed by atoms with E-state index in [1.54, 1.807) is 0 Å². The topological polar surface area (TPSA) is 28.2 Å². The van der Waals surface area contributed by atoms with Crippen LogP contribution in [-0.4, -0.2) is 24.6 Å². The van der Waals surface area contributed by atoms with Crippen molar-refractivity contribution in [2.45, 2.75) is 45.2 Å². The summed E-state index contributed by atoms with van der Waals surface area (Å²) in [6.07, 6.45) is 5.80.